The summed E-state index contributed by atoms with van der Waals surface area (Å²) in [5.41, 5.74) is 5.33. The monoisotopic (exact) mass is 458 g/mol. The average Bonchev–Trinajstić information content (AvgIpc) is 2.78. The van der Waals surface area contributed by atoms with Crippen LogP contribution in [0.5, 0.6) is 0 Å². The molecule has 0 bridgehead atoms. The van der Waals surface area contributed by atoms with Crippen LogP contribution in [0, 0.1) is 0 Å². The molecule has 0 N–H and O–H groups in total. The summed E-state index contributed by atoms with van der Waals surface area (Å²) in [6.07, 6.45) is 12.7. The van der Waals surface area contributed by atoms with Crippen LogP contribution < -0.4 is 0 Å². The van der Waals surface area contributed by atoms with Gasteiger partial charge in [-0.05, 0) is 73.6 Å². The topological polar surface area (TPSA) is 43.4 Å². The number of rotatable bonds is 17. The first-order chi connectivity index (χ1) is 15.5. The largest absolute Gasteiger partial charge is 0.270 e. The minimum Gasteiger partial charge on any atom is -0.270 e. The van der Waals surface area contributed by atoms with Gasteiger partial charge in [-0.15, -0.1) is 0 Å². The van der Waals surface area contributed by atoms with Gasteiger partial charge in [-0.1, -0.05) is 88.1 Å². The number of unbranched alkanes of at least 4 members (excludes halogenated alkanes) is 4. The molecule has 0 aliphatic heterocycles. The summed E-state index contributed by atoms with van der Waals surface area (Å²) < 4.78 is 29.7. The molecule has 2 aromatic rings. The third-order valence-corrected chi connectivity index (χ3v) is 7.14. The Hall–Kier alpha value is -1.65. The molecular formula is C28H42O3S. The summed E-state index contributed by atoms with van der Waals surface area (Å²) in [5.74, 6) is 0.0797. The number of hydrogen-bond donors (Lipinski definition) is 0. The van der Waals surface area contributed by atoms with Crippen molar-refractivity contribution in [3.63, 3.8) is 0 Å². The SMILES string of the molecule is CCCCCc1cc(CCCCC)cc(CCCOS(=O)(=O)CCCc2ccccc2)c1. The van der Waals surface area contributed by atoms with Crippen LogP contribution in [0.1, 0.15) is 87.5 Å². The van der Waals surface area contributed by atoms with E-state index < -0.39 is 10.1 Å². The molecule has 0 saturated heterocycles. The first-order valence-corrected chi connectivity index (χ1v) is 14.1. The van der Waals surface area contributed by atoms with E-state index in [0.717, 1.165) is 37.7 Å². The van der Waals surface area contributed by atoms with Crippen LogP contribution in [0.15, 0.2) is 48.5 Å². The average molecular weight is 459 g/mol. The van der Waals surface area contributed by atoms with Gasteiger partial charge < -0.3 is 0 Å². The first-order valence-electron chi connectivity index (χ1n) is 12.5. The zero-order valence-electron chi connectivity index (χ0n) is 20.2. The lowest BCUT2D eigenvalue weighted by atomic mass is 9.96. The maximum atomic E-state index is 12.2. The molecule has 0 aliphatic carbocycles. The van der Waals surface area contributed by atoms with Crippen LogP contribution in [-0.2, 0) is 40.0 Å². The molecule has 0 amide bonds. The second-order valence-electron chi connectivity index (χ2n) is 8.85. The molecule has 2 aromatic carbocycles. The fraction of sp³-hybridized carbons (Fsp3) is 0.571. The Morgan fingerprint density at radius 2 is 1.12 bits per heavy atom. The van der Waals surface area contributed by atoms with Gasteiger partial charge in [-0.25, -0.2) is 0 Å². The summed E-state index contributed by atoms with van der Waals surface area (Å²) in [5, 5.41) is 0. The highest BCUT2D eigenvalue weighted by Crippen LogP contribution is 2.18. The molecular weight excluding hydrogens is 416 g/mol. The molecule has 0 saturated carbocycles. The van der Waals surface area contributed by atoms with Crippen LogP contribution in [0.3, 0.4) is 0 Å². The Balaban J connectivity index is 1.80. The van der Waals surface area contributed by atoms with E-state index in [1.807, 2.05) is 30.3 Å². The molecule has 2 rings (SSSR count). The predicted molar refractivity (Wildman–Crippen MR) is 136 cm³/mol. The molecule has 0 atom stereocenters. The second kappa shape index (κ2) is 15.2. The molecule has 0 spiro atoms. The van der Waals surface area contributed by atoms with Gasteiger partial charge in [0, 0.05) is 0 Å². The Bertz CT molecular complexity index is 831. The predicted octanol–water partition coefficient (Wildman–Crippen LogP) is 7.06. The van der Waals surface area contributed by atoms with Crippen molar-refractivity contribution in [1.29, 1.82) is 0 Å². The lowest BCUT2D eigenvalue weighted by Gasteiger charge is -2.11. The van der Waals surface area contributed by atoms with Gasteiger partial charge in [0.1, 0.15) is 0 Å². The van der Waals surface area contributed by atoms with Gasteiger partial charge in [0.05, 0.1) is 12.4 Å². The van der Waals surface area contributed by atoms with E-state index in [0.29, 0.717) is 6.42 Å². The van der Waals surface area contributed by atoms with Gasteiger partial charge in [0.2, 0.25) is 0 Å². The molecule has 0 aliphatic rings. The van der Waals surface area contributed by atoms with Gasteiger partial charge in [0.25, 0.3) is 10.1 Å². The molecule has 178 valence electrons. The summed E-state index contributed by atoms with van der Waals surface area (Å²) >= 11 is 0. The zero-order chi connectivity index (χ0) is 23.1. The summed E-state index contributed by atoms with van der Waals surface area (Å²) in [7, 11) is -3.45. The van der Waals surface area contributed by atoms with Crippen LogP contribution in [0.4, 0.5) is 0 Å². The lowest BCUT2D eigenvalue weighted by Crippen LogP contribution is -2.12. The highest BCUT2D eigenvalue weighted by atomic mass is 32.2. The maximum absolute atomic E-state index is 12.2. The van der Waals surface area contributed by atoms with Crippen molar-refractivity contribution in [2.45, 2.75) is 90.9 Å². The Labute approximate surface area is 196 Å². The molecule has 0 aromatic heterocycles. The van der Waals surface area contributed by atoms with E-state index >= 15 is 0 Å². The fourth-order valence-electron chi connectivity index (χ4n) is 4.05. The minimum atomic E-state index is -3.45. The second-order valence-corrected chi connectivity index (χ2v) is 10.6. The van der Waals surface area contributed by atoms with Crippen molar-refractivity contribution >= 4 is 10.1 Å². The summed E-state index contributed by atoms with van der Waals surface area (Å²) in [6, 6.07) is 17.0. The van der Waals surface area contributed by atoms with Crippen molar-refractivity contribution in [2.75, 3.05) is 12.4 Å². The molecule has 32 heavy (non-hydrogen) atoms. The maximum Gasteiger partial charge on any atom is 0.267 e. The van der Waals surface area contributed by atoms with Crippen LogP contribution in [0.25, 0.3) is 0 Å². The highest BCUT2D eigenvalue weighted by molar-refractivity contribution is 7.86. The van der Waals surface area contributed by atoms with Crippen LogP contribution in [-0.4, -0.2) is 20.8 Å². The quantitative estimate of drug-likeness (QED) is 0.188. The van der Waals surface area contributed by atoms with Crippen molar-refractivity contribution in [2.24, 2.45) is 0 Å². The lowest BCUT2D eigenvalue weighted by molar-refractivity contribution is 0.312. The summed E-state index contributed by atoms with van der Waals surface area (Å²) in [6.45, 7) is 4.74. The van der Waals surface area contributed by atoms with Gasteiger partial charge >= 0.3 is 0 Å². The van der Waals surface area contributed by atoms with E-state index in [4.69, 9.17) is 4.18 Å². The molecule has 4 heteroatoms. The Kier molecular flexibility index (Phi) is 12.7. The van der Waals surface area contributed by atoms with Crippen LogP contribution in [0.2, 0.25) is 0 Å². The van der Waals surface area contributed by atoms with Crippen LogP contribution >= 0.6 is 0 Å². The Morgan fingerprint density at radius 3 is 1.66 bits per heavy atom. The fourth-order valence-corrected chi connectivity index (χ4v) is 5.04. The Morgan fingerprint density at radius 1 is 0.625 bits per heavy atom. The van der Waals surface area contributed by atoms with Crippen molar-refractivity contribution in [1.82, 2.24) is 0 Å². The third kappa shape index (κ3) is 11.3. The number of benzene rings is 2. The van der Waals surface area contributed by atoms with E-state index in [9.17, 15) is 8.42 Å². The number of aryl methyl sites for hydroxylation is 4. The van der Waals surface area contributed by atoms with Gasteiger partial charge in [0.15, 0.2) is 0 Å². The highest BCUT2D eigenvalue weighted by Gasteiger charge is 2.11. The molecule has 0 fully saturated rings. The third-order valence-electron chi connectivity index (χ3n) is 5.83. The summed E-state index contributed by atoms with van der Waals surface area (Å²) in [4.78, 5) is 0. The van der Waals surface area contributed by atoms with Crippen molar-refractivity contribution in [3.05, 3.63) is 70.8 Å². The van der Waals surface area contributed by atoms with Crippen molar-refractivity contribution < 1.29 is 12.6 Å². The van der Waals surface area contributed by atoms with E-state index in [-0.39, 0.29) is 12.4 Å². The molecule has 0 heterocycles. The standard InChI is InChI=1S/C28H42O3S/c1-3-5-8-16-26-22-27(17-9-6-4-2)24-28(23-26)18-12-20-31-32(29,30)21-13-19-25-14-10-7-11-15-25/h7,10-11,14-15,22-24H,3-6,8-9,12-13,16-21H2,1-2H3. The molecule has 3 nitrogen and oxygen atoms in total. The molecule has 0 radical (unpaired) electrons. The smallest absolute Gasteiger partial charge is 0.267 e. The van der Waals surface area contributed by atoms with Crippen molar-refractivity contribution in [3.8, 4) is 0 Å². The van der Waals surface area contributed by atoms with Gasteiger partial charge in [-0.2, -0.15) is 8.42 Å². The first kappa shape index (κ1) is 26.6. The van der Waals surface area contributed by atoms with E-state index in [1.54, 1.807) is 0 Å². The molecule has 0 unspecified atom stereocenters. The van der Waals surface area contributed by atoms with Gasteiger partial charge in [-0.3, -0.25) is 4.18 Å². The van der Waals surface area contributed by atoms with E-state index in [2.05, 4.69) is 32.0 Å². The van der Waals surface area contributed by atoms with E-state index in [1.165, 1.54) is 55.2 Å². The minimum absolute atomic E-state index is 0.0797. The zero-order valence-corrected chi connectivity index (χ0v) is 21.0. The number of hydrogen-bond acceptors (Lipinski definition) is 3. The normalized spacial score (nSPS) is 11.7.